The van der Waals surface area contributed by atoms with E-state index in [1.165, 1.54) is 0 Å². The van der Waals surface area contributed by atoms with Crippen LogP contribution in [0.25, 0.3) is 0 Å². The molecule has 118 valence electrons. The molecular weight excluding hydrogens is 292 g/mol. The minimum atomic E-state index is -0.636. The maximum absolute atomic E-state index is 13.0. The third-order valence-corrected chi connectivity index (χ3v) is 5.39. The van der Waals surface area contributed by atoms with Crippen molar-refractivity contribution in [2.75, 3.05) is 11.4 Å². The summed E-state index contributed by atoms with van der Waals surface area (Å²) in [6.45, 7) is 0.487. The molecule has 1 N–H and O–H groups in total. The fourth-order valence-corrected chi connectivity index (χ4v) is 4.15. The predicted molar refractivity (Wildman–Crippen MR) is 83.7 cm³/mol. The molecule has 4 aliphatic rings. The summed E-state index contributed by atoms with van der Waals surface area (Å²) in [5.41, 5.74) is 0.228. The summed E-state index contributed by atoms with van der Waals surface area (Å²) in [6, 6.07) is 9.90. The van der Waals surface area contributed by atoms with Gasteiger partial charge in [0.25, 0.3) is 0 Å². The van der Waals surface area contributed by atoms with Crippen molar-refractivity contribution in [3.05, 3.63) is 42.5 Å². The van der Waals surface area contributed by atoms with Crippen LogP contribution in [0.2, 0.25) is 0 Å². The van der Waals surface area contributed by atoms with Gasteiger partial charge < -0.3 is 15.0 Å². The molecule has 0 aromatic heterocycles. The quantitative estimate of drug-likeness (QED) is 0.855. The van der Waals surface area contributed by atoms with Crippen molar-refractivity contribution in [2.45, 2.75) is 30.6 Å². The summed E-state index contributed by atoms with van der Waals surface area (Å²) in [5.74, 6) is -0.839. The highest BCUT2D eigenvalue weighted by Gasteiger charge is 2.67. The molecule has 5 rings (SSSR count). The van der Waals surface area contributed by atoms with E-state index in [-0.39, 0.29) is 17.9 Å². The van der Waals surface area contributed by atoms with Crippen LogP contribution in [0.3, 0.4) is 0 Å². The summed E-state index contributed by atoms with van der Waals surface area (Å²) in [6.07, 6.45) is 5.76. The molecule has 3 aliphatic heterocycles. The number of carbonyl (C=O) groups excluding carboxylic acids is 2. The second-order valence-corrected chi connectivity index (χ2v) is 6.94. The number of hydrogen-bond acceptors (Lipinski definition) is 3. The number of nitrogens with one attached hydrogen (secondary N) is 1. The highest BCUT2D eigenvalue weighted by molar-refractivity contribution is 6.03. The van der Waals surface area contributed by atoms with Crippen LogP contribution in [0.15, 0.2) is 42.5 Å². The molecule has 0 radical (unpaired) electrons. The number of rotatable bonds is 3. The van der Waals surface area contributed by atoms with Gasteiger partial charge in [0.2, 0.25) is 11.8 Å². The average Bonchev–Trinajstić information content (AvgIpc) is 3.09. The first-order valence-electron chi connectivity index (χ1n) is 8.22. The lowest BCUT2D eigenvalue weighted by atomic mass is 9.77. The normalized spacial score (nSPS) is 37.3. The lowest BCUT2D eigenvalue weighted by Crippen LogP contribution is -2.44. The number of para-hydroxylation sites is 1. The monoisotopic (exact) mass is 310 g/mol. The molecule has 2 amide bonds. The lowest BCUT2D eigenvalue weighted by molar-refractivity contribution is -0.132. The molecule has 2 saturated heterocycles. The highest BCUT2D eigenvalue weighted by atomic mass is 16.5. The molecule has 3 heterocycles. The Labute approximate surface area is 134 Å². The number of amides is 2. The zero-order valence-electron chi connectivity index (χ0n) is 12.6. The van der Waals surface area contributed by atoms with Crippen LogP contribution in [0, 0.1) is 11.8 Å². The topological polar surface area (TPSA) is 58.6 Å². The highest BCUT2D eigenvalue weighted by Crippen LogP contribution is 2.52. The molecule has 3 fully saturated rings. The van der Waals surface area contributed by atoms with Crippen LogP contribution in [0.1, 0.15) is 12.8 Å². The van der Waals surface area contributed by atoms with Gasteiger partial charge in [-0.05, 0) is 25.0 Å². The number of benzene rings is 1. The van der Waals surface area contributed by atoms with Gasteiger partial charge in [-0.15, -0.1) is 0 Å². The van der Waals surface area contributed by atoms with Crippen LogP contribution >= 0.6 is 0 Å². The van der Waals surface area contributed by atoms with Crippen molar-refractivity contribution in [1.29, 1.82) is 0 Å². The Morgan fingerprint density at radius 1 is 1.26 bits per heavy atom. The molecule has 1 saturated carbocycles. The van der Waals surface area contributed by atoms with Gasteiger partial charge in [-0.1, -0.05) is 30.4 Å². The van der Waals surface area contributed by atoms with E-state index in [1.807, 2.05) is 42.5 Å². The number of ether oxygens (including phenoxy) is 1. The van der Waals surface area contributed by atoms with Gasteiger partial charge in [-0.25, -0.2) is 0 Å². The summed E-state index contributed by atoms with van der Waals surface area (Å²) in [4.78, 5) is 27.4. The molecule has 1 aromatic carbocycles. The number of anilines is 1. The van der Waals surface area contributed by atoms with Gasteiger partial charge in [0.05, 0.1) is 24.5 Å². The SMILES string of the molecule is O=C(NC1CC1)[C@H]1[C@H]2C(=O)N(c3ccccc3)C[C@]23C=C[C@H]1O3. The Balaban J connectivity index is 1.48. The van der Waals surface area contributed by atoms with E-state index in [9.17, 15) is 9.59 Å². The number of fused-ring (bicyclic) bond motifs is 1. The summed E-state index contributed by atoms with van der Waals surface area (Å²) in [7, 11) is 0. The lowest BCUT2D eigenvalue weighted by Gasteiger charge is -2.23. The van der Waals surface area contributed by atoms with Gasteiger partial charge in [-0.2, -0.15) is 0 Å². The molecule has 23 heavy (non-hydrogen) atoms. The zero-order valence-corrected chi connectivity index (χ0v) is 12.6. The Hall–Kier alpha value is -2.14. The Kier molecular flexibility index (Phi) is 2.57. The molecule has 4 atom stereocenters. The van der Waals surface area contributed by atoms with Gasteiger partial charge >= 0.3 is 0 Å². The van der Waals surface area contributed by atoms with E-state index in [1.54, 1.807) is 4.90 Å². The van der Waals surface area contributed by atoms with Crippen molar-refractivity contribution in [2.24, 2.45) is 11.8 Å². The Morgan fingerprint density at radius 3 is 2.78 bits per heavy atom. The smallest absolute Gasteiger partial charge is 0.234 e. The van der Waals surface area contributed by atoms with Crippen molar-refractivity contribution in [3.63, 3.8) is 0 Å². The third kappa shape index (κ3) is 1.83. The van der Waals surface area contributed by atoms with E-state index >= 15 is 0 Å². The van der Waals surface area contributed by atoms with E-state index in [4.69, 9.17) is 4.74 Å². The Bertz CT molecular complexity index is 712. The van der Waals surface area contributed by atoms with Crippen molar-refractivity contribution in [1.82, 2.24) is 5.32 Å². The Morgan fingerprint density at radius 2 is 2.04 bits per heavy atom. The minimum Gasteiger partial charge on any atom is -0.360 e. The van der Waals surface area contributed by atoms with Gasteiger partial charge in [0.1, 0.15) is 5.60 Å². The van der Waals surface area contributed by atoms with Crippen LogP contribution in [-0.2, 0) is 14.3 Å². The fourth-order valence-electron chi connectivity index (χ4n) is 4.15. The molecule has 1 aromatic rings. The molecule has 5 heteroatoms. The summed E-state index contributed by atoms with van der Waals surface area (Å²) >= 11 is 0. The first kappa shape index (κ1) is 13.3. The van der Waals surface area contributed by atoms with Gasteiger partial charge in [0.15, 0.2) is 0 Å². The summed E-state index contributed by atoms with van der Waals surface area (Å²) < 4.78 is 6.11. The van der Waals surface area contributed by atoms with Gasteiger partial charge in [-0.3, -0.25) is 9.59 Å². The summed E-state index contributed by atoms with van der Waals surface area (Å²) in [5, 5.41) is 3.04. The average molecular weight is 310 g/mol. The first-order chi connectivity index (χ1) is 11.2. The molecular formula is C18H18N2O3. The molecule has 1 aliphatic carbocycles. The number of carbonyl (C=O) groups is 2. The standard InChI is InChI=1S/C18H18N2O3/c21-16(19-11-6-7-11)14-13-8-9-18(23-13)10-20(17(22)15(14)18)12-4-2-1-3-5-12/h1-5,8-9,11,13-15H,6-7,10H2,(H,19,21)/t13-,14-,15+,18-/m1/s1. The van der Waals surface area contributed by atoms with Gasteiger partial charge in [0, 0.05) is 11.7 Å². The van der Waals surface area contributed by atoms with Crippen molar-refractivity contribution in [3.8, 4) is 0 Å². The minimum absolute atomic E-state index is 0.000929. The van der Waals surface area contributed by atoms with E-state index in [0.717, 1.165) is 18.5 Å². The molecule has 0 unspecified atom stereocenters. The zero-order chi connectivity index (χ0) is 15.6. The van der Waals surface area contributed by atoms with Crippen molar-refractivity contribution < 1.29 is 14.3 Å². The van der Waals surface area contributed by atoms with E-state index in [0.29, 0.717) is 12.6 Å². The van der Waals surface area contributed by atoms with Crippen LogP contribution in [0.5, 0.6) is 0 Å². The van der Waals surface area contributed by atoms with Crippen LogP contribution in [0.4, 0.5) is 5.69 Å². The predicted octanol–water partition coefficient (Wildman–Crippen LogP) is 1.25. The van der Waals surface area contributed by atoms with Crippen LogP contribution < -0.4 is 10.2 Å². The van der Waals surface area contributed by atoms with Crippen LogP contribution in [-0.4, -0.2) is 36.1 Å². The first-order valence-corrected chi connectivity index (χ1v) is 8.22. The van der Waals surface area contributed by atoms with E-state index in [2.05, 4.69) is 5.32 Å². The van der Waals surface area contributed by atoms with E-state index < -0.39 is 17.4 Å². The largest absolute Gasteiger partial charge is 0.360 e. The second-order valence-electron chi connectivity index (χ2n) is 6.94. The number of hydrogen-bond donors (Lipinski definition) is 1. The third-order valence-electron chi connectivity index (χ3n) is 5.39. The number of nitrogens with zero attached hydrogens (tertiary/aromatic N) is 1. The maximum Gasteiger partial charge on any atom is 0.234 e. The molecule has 1 spiro atoms. The van der Waals surface area contributed by atoms with Crippen molar-refractivity contribution >= 4 is 17.5 Å². The molecule has 5 nitrogen and oxygen atoms in total. The molecule has 2 bridgehead atoms. The fraction of sp³-hybridized carbons (Fsp3) is 0.444. The maximum atomic E-state index is 13.0. The second kappa shape index (κ2) is 4.45.